The Morgan fingerprint density at radius 2 is 2.07 bits per heavy atom. The van der Waals surface area contributed by atoms with E-state index in [9.17, 15) is 13.2 Å². The quantitative estimate of drug-likeness (QED) is 0.714. The lowest BCUT2D eigenvalue weighted by molar-refractivity contribution is -0.126. The van der Waals surface area contributed by atoms with E-state index in [4.69, 9.17) is 0 Å². The molecule has 1 aliphatic heterocycles. The molecule has 2 aromatic rings. The van der Waals surface area contributed by atoms with Gasteiger partial charge in [0.2, 0.25) is 15.9 Å². The lowest BCUT2D eigenvalue weighted by atomic mass is 9.96. The van der Waals surface area contributed by atoms with Crippen LogP contribution in [0.15, 0.2) is 47.0 Å². The Hall–Kier alpha value is -2.12. The number of hydrogen-bond acceptors (Lipinski definition) is 3. The molecule has 0 unspecified atom stereocenters. The number of fused-ring (bicyclic) bond motifs is 1. The second-order valence-corrected chi connectivity index (χ2v) is 10.4. The third kappa shape index (κ3) is 4.47. The summed E-state index contributed by atoms with van der Waals surface area (Å²) in [6, 6.07) is 7.16. The van der Waals surface area contributed by atoms with Crippen molar-refractivity contribution in [2.45, 2.75) is 49.8 Å². The highest BCUT2D eigenvalue weighted by atomic mass is 32.2. The maximum absolute atomic E-state index is 13.2. The van der Waals surface area contributed by atoms with Crippen LogP contribution >= 0.6 is 0 Å². The van der Waals surface area contributed by atoms with Gasteiger partial charge in [0, 0.05) is 43.8 Å². The number of benzene rings is 1. The van der Waals surface area contributed by atoms with Crippen molar-refractivity contribution < 1.29 is 13.2 Å². The number of piperidine rings is 1. The maximum atomic E-state index is 13.2. The Kier molecular flexibility index (Phi) is 6.29. The van der Waals surface area contributed by atoms with Gasteiger partial charge in [-0.05, 0) is 69.2 Å². The molecule has 1 amide bonds. The fraction of sp³-hybridized carbons (Fsp3) is 0.522. The monoisotopic (exact) mass is 429 g/mol. The summed E-state index contributed by atoms with van der Waals surface area (Å²) < 4.78 is 29.9. The Morgan fingerprint density at radius 3 is 2.87 bits per heavy atom. The van der Waals surface area contributed by atoms with Crippen molar-refractivity contribution in [1.29, 1.82) is 0 Å². The molecule has 162 valence electrons. The van der Waals surface area contributed by atoms with Gasteiger partial charge in [0.05, 0.1) is 10.8 Å². The van der Waals surface area contributed by atoms with Gasteiger partial charge in [0.1, 0.15) is 0 Å². The first-order chi connectivity index (χ1) is 14.4. The van der Waals surface area contributed by atoms with Crippen molar-refractivity contribution in [2.24, 2.45) is 13.0 Å². The molecule has 2 heterocycles. The van der Waals surface area contributed by atoms with E-state index in [-0.39, 0.29) is 18.4 Å². The Morgan fingerprint density at radius 1 is 1.20 bits per heavy atom. The molecule has 1 saturated heterocycles. The summed E-state index contributed by atoms with van der Waals surface area (Å²) >= 11 is 0. The second-order valence-electron chi connectivity index (χ2n) is 8.50. The lowest BCUT2D eigenvalue weighted by Gasteiger charge is -2.31. The number of carbonyl (C=O) groups excluding carboxylic acids is 1. The van der Waals surface area contributed by atoms with Gasteiger partial charge in [-0.3, -0.25) is 4.79 Å². The van der Waals surface area contributed by atoms with E-state index in [1.807, 2.05) is 29.9 Å². The minimum Gasteiger partial charge on any atom is -0.356 e. The molecule has 0 radical (unpaired) electrons. The van der Waals surface area contributed by atoms with Gasteiger partial charge < -0.3 is 9.88 Å². The molecule has 1 aromatic carbocycles. The van der Waals surface area contributed by atoms with Crippen molar-refractivity contribution in [3.8, 4) is 0 Å². The minimum absolute atomic E-state index is 0.0233. The molecule has 1 aliphatic carbocycles. The van der Waals surface area contributed by atoms with E-state index >= 15 is 0 Å². The SMILES string of the molecule is Cn1ccc2cc(S(=O)(=O)N3CCC[C@H](C(=O)NCCC4=CCCCC4)C3)ccc21. The molecule has 1 fully saturated rings. The van der Waals surface area contributed by atoms with Gasteiger partial charge in [-0.2, -0.15) is 4.31 Å². The van der Waals surface area contributed by atoms with Crippen LogP contribution in [0, 0.1) is 5.92 Å². The zero-order valence-corrected chi connectivity index (χ0v) is 18.5. The molecule has 0 saturated carbocycles. The summed E-state index contributed by atoms with van der Waals surface area (Å²) in [5.74, 6) is -0.306. The van der Waals surface area contributed by atoms with Gasteiger partial charge in [-0.25, -0.2) is 8.42 Å². The molecule has 6 nitrogen and oxygen atoms in total. The zero-order chi connectivity index (χ0) is 21.1. The zero-order valence-electron chi connectivity index (χ0n) is 17.6. The first kappa shape index (κ1) is 21.1. The lowest BCUT2D eigenvalue weighted by Crippen LogP contribution is -2.45. The maximum Gasteiger partial charge on any atom is 0.243 e. The van der Waals surface area contributed by atoms with Crippen molar-refractivity contribution in [3.05, 3.63) is 42.1 Å². The van der Waals surface area contributed by atoms with E-state index in [1.165, 1.54) is 22.7 Å². The van der Waals surface area contributed by atoms with E-state index in [1.54, 1.807) is 12.1 Å². The molecule has 7 heteroatoms. The van der Waals surface area contributed by atoms with Crippen LogP contribution in [0.4, 0.5) is 0 Å². The number of aromatic nitrogens is 1. The molecule has 1 N–H and O–H groups in total. The Labute approximate surface area is 179 Å². The number of hydrogen-bond donors (Lipinski definition) is 1. The standard InChI is InChI=1S/C23H31N3O3S/c1-25-15-12-19-16-21(9-10-22(19)25)30(28,29)26-14-5-8-20(17-26)23(27)24-13-11-18-6-3-2-4-7-18/h6,9-10,12,15-16,20H,2-5,7-8,11,13-14,17H2,1H3,(H,24,27)/t20-/m0/s1. The third-order valence-corrected chi connectivity index (χ3v) is 8.24. The first-order valence-electron chi connectivity index (χ1n) is 11.0. The fourth-order valence-corrected chi connectivity index (χ4v) is 6.13. The molecule has 0 spiro atoms. The molecular formula is C23H31N3O3S. The van der Waals surface area contributed by atoms with Crippen molar-refractivity contribution in [3.63, 3.8) is 0 Å². The van der Waals surface area contributed by atoms with Crippen molar-refractivity contribution >= 4 is 26.8 Å². The summed E-state index contributed by atoms with van der Waals surface area (Å²) in [6.45, 7) is 1.36. The smallest absolute Gasteiger partial charge is 0.243 e. The second kappa shape index (κ2) is 8.94. The average molecular weight is 430 g/mol. The highest BCUT2D eigenvalue weighted by Crippen LogP contribution is 2.27. The predicted molar refractivity (Wildman–Crippen MR) is 119 cm³/mol. The average Bonchev–Trinajstić information content (AvgIpc) is 3.15. The van der Waals surface area contributed by atoms with Crippen LogP contribution in [0.25, 0.3) is 10.9 Å². The van der Waals surface area contributed by atoms with E-state index in [0.717, 1.165) is 36.6 Å². The van der Waals surface area contributed by atoms with E-state index in [2.05, 4.69) is 11.4 Å². The van der Waals surface area contributed by atoms with Crippen LogP contribution in [0.1, 0.15) is 44.9 Å². The summed E-state index contributed by atoms with van der Waals surface area (Å²) in [5, 5.41) is 3.94. The molecule has 2 aliphatic rings. The molecule has 1 aromatic heterocycles. The summed E-state index contributed by atoms with van der Waals surface area (Å²) in [7, 11) is -1.67. The number of rotatable bonds is 6. The van der Waals surface area contributed by atoms with Crippen LogP contribution in [0.3, 0.4) is 0 Å². The van der Waals surface area contributed by atoms with Crippen molar-refractivity contribution in [1.82, 2.24) is 14.2 Å². The number of amides is 1. The number of carbonyl (C=O) groups is 1. The summed E-state index contributed by atoms with van der Waals surface area (Å²) in [5.41, 5.74) is 2.43. The highest BCUT2D eigenvalue weighted by Gasteiger charge is 2.33. The normalized spacial score (nSPS) is 20.8. The predicted octanol–water partition coefficient (Wildman–Crippen LogP) is 3.59. The van der Waals surface area contributed by atoms with Crippen LogP contribution in [-0.4, -0.2) is 42.8 Å². The molecule has 0 bridgehead atoms. The largest absolute Gasteiger partial charge is 0.356 e. The highest BCUT2D eigenvalue weighted by molar-refractivity contribution is 7.89. The number of aryl methyl sites for hydroxylation is 1. The van der Waals surface area contributed by atoms with Crippen molar-refractivity contribution in [2.75, 3.05) is 19.6 Å². The topological polar surface area (TPSA) is 71.4 Å². The van der Waals surface area contributed by atoms with Crippen LogP contribution in [0.5, 0.6) is 0 Å². The number of nitrogens with one attached hydrogen (secondary N) is 1. The Bertz CT molecular complexity index is 1050. The molecular weight excluding hydrogens is 398 g/mol. The number of nitrogens with zero attached hydrogens (tertiary/aromatic N) is 2. The van der Waals surface area contributed by atoms with Crippen LogP contribution in [-0.2, 0) is 21.9 Å². The summed E-state index contributed by atoms with van der Waals surface area (Å²) in [6.07, 6.45) is 11.3. The molecule has 1 atom stereocenters. The van der Waals surface area contributed by atoms with Crippen LogP contribution in [0.2, 0.25) is 0 Å². The third-order valence-electron chi connectivity index (χ3n) is 6.38. The molecule has 30 heavy (non-hydrogen) atoms. The van der Waals surface area contributed by atoms with E-state index in [0.29, 0.717) is 24.4 Å². The van der Waals surface area contributed by atoms with Gasteiger partial charge in [-0.1, -0.05) is 11.6 Å². The van der Waals surface area contributed by atoms with Gasteiger partial charge in [-0.15, -0.1) is 0 Å². The van der Waals surface area contributed by atoms with Gasteiger partial charge >= 0.3 is 0 Å². The first-order valence-corrected chi connectivity index (χ1v) is 12.4. The number of allylic oxidation sites excluding steroid dienone is 1. The fourth-order valence-electron chi connectivity index (χ4n) is 4.57. The number of sulfonamides is 1. The summed E-state index contributed by atoms with van der Waals surface area (Å²) in [4.78, 5) is 13.0. The van der Waals surface area contributed by atoms with E-state index < -0.39 is 10.0 Å². The minimum atomic E-state index is -3.61. The van der Waals surface area contributed by atoms with Crippen LogP contribution < -0.4 is 5.32 Å². The Balaban J connectivity index is 1.39. The molecule has 4 rings (SSSR count). The van der Waals surface area contributed by atoms with Gasteiger partial charge in [0.15, 0.2) is 0 Å². The van der Waals surface area contributed by atoms with Gasteiger partial charge in [0.25, 0.3) is 0 Å².